The molecule has 1 aromatic heterocycles. The predicted molar refractivity (Wildman–Crippen MR) is 190 cm³/mol. The lowest BCUT2D eigenvalue weighted by molar-refractivity contribution is -0.139. The first-order valence-corrected chi connectivity index (χ1v) is 17.4. The van der Waals surface area contributed by atoms with Crippen molar-refractivity contribution in [2.45, 2.75) is 26.5 Å². The highest BCUT2D eigenvalue weighted by molar-refractivity contribution is 14.1. The standard InChI is InChI=1S/C32H26Br2ClIN2O6S/c1-5-43-31(40)27-16(2)37-32-38(28(27)20-13-24(41-3)25(42-4)14-21(20)34)30(39)26(45-32)11-18-10-19(33)12-23(36)29(18)44-15-17-8-6-7-9-22(17)35/h6-14,28H,5,15H2,1-4H3/b26-11-/t28-/m0/s1. The van der Waals surface area contributed by atoms with Crippen LogP contribution in [0.2, 0.25) is 5.02 Å². The normalized spacial score (nSPS) is 14.6. The lowest BCUT2D eigenvalue weighted by Gasteiger charge is -2.26. The maximum atomic E-state index is 14.3. The van der Waals surface area contributed by atoms with Gasteiger partial charge in [-0.2, -0.15) is 0 Å². The number of hydrogen-bond donors (Lipinski definition) is 0. The molecule has 1 atom stereocenters. The molecular weight excluding hydrogens is 863 g/mol. The van der Waals surface area contributed by atoms with Crippen LogP contribution in [-0.4, -0.2) is 31.4 Å². The summed E-state index contributed by atoms with van der Waals surface area (Å²) >= 11 is 17.0. The fraction of sp³-hybridized carbons (Fsp3) is 0.219. The highest BCUT2D eigenvalue weighted by atomic mass is 127. The summed E-state index contributed by atoms with van der Waals surface area (Å²) in [5.74, 6) is 0.982. The largest absolute Gasteiger partial charge is 0.493 e. The number of thiazole rings is 1. The van der Waals surface area contributed by atoms with Crippen LogP contribution >= 0.6 is 77.4 Å². The lowest BCUT2D eigenvalue weighted by Crippen LogP contribution is -2.40. The fourth-order valence-corrected chi connectivity index (χ4v) is 8.38. The van der Waals surface area contributed by atoms with Gasteiger partial charge in [-0.05, 0) is 78.4 Å². The highest BCUT2D eigenvalue weighted by Crippen LogP contribution is 2.41. The van der Waals surface area contributed by atoms with Crippen LogP contribution in [0.4, 0.5) is 0 Å². The molecule has 0 amide bonds. The van der Waals surface area contributed by atoms with Crippen LogP contribution in [0.15, 0.2) is 78.5 Å². The van der Waals surface area contributed by atoms with E-state index in [4.69, 9.17) is 35.5 Å². The van der Waals surface area contributed by atoms with Crippen molar-refractivity contribution in [1.29, 1.82) is 0 Å². The topological polar surface area (TPSA) is 88.4 Å². The predicted octanol–water partition coefficient (Wildman–Crippen LogP) is 7.18. The molecule has 2 heterocycles. The molecule has 13 heteroatoms. The molecule has 0 saturated carbocycles. The number of benzene rings is 3. The van der Waals surface area contributed by atoms with Crippen LogP contribution < -0.4 is 29.1 Å². The number of esters is 1. The summed E-state index contributed by atoms with van der Waals surface area (Å²) in [7, 11) is 3.07. The van der Waals surface area contributed by atoms with Crippen LogP contribution in [0.25, 0.3) is 6.08 Å². The zero-order valence-corrected chi connectivity index (χ0v) is 31.4. The first kappa shape index (κ1) is 33.7. The molecule has 0 radical (unpaired) electrons. The monoisotopic (exact) mass is 886 g/mol. The highest BCUT2D eigenvalue weighted by Gasteiger charge is 2.35. The lowest BCUT2D eigenvalue weighted by atomic mass is 9.95. The third-order valence-electron chi connectivity index (χ3n) is 6.97. The number of allylic oxidation sites excluding steroid dienone is 1. The summed E-state index contributed by atoms with van der Waals surface area (Å²) in [4.78, 5) is 32.8. The molecule has 0 spiro atoms. The van der Waals surface area contributed by atoms with Gasteiger partial charge < -0.3 is 18.9 Å². The van der Waals surface area contributed by atoms with Gasteiger partial charge in [-0.25, -0.2) is 9.79 Å². The van der Waals surface area contributed by atoms with Crippen molar-refractivity contribution in [3.8, 4) is 17.2 Å². The zero-order valence-electron chi connectivity index (χ0n) is 24.5. The van der Waals surface area contributed by atoms with Crippen LogP contribution in [0, 0.1) is 3.57 Å². The average Bonchev–Trinajstić information content (AvgIpc) is 3.30. The minimum absolute atomic E-state index is 0.165. The molecule has 0 unspecified atom stereocenters. The summed E-state index contributed by atoms with van der Waals surface area (Å²) in [6, 6.07) is 14.0. The quantitative estimate of drug-likeness (QED) is 0.131. The zero-order chi connectivity index (χ0) is 32.4. The Balaban J connectivity index is 1.70. The maximum absolute atomic E-state index is 14.3. The Kier molecular flexibility index (Phi) is 10.8. The van der Waals surface area contributed by atoms with Crippen molar-refractivity contribution >= 4 is 89.4 Å². The van der Waals surface area contributed by atoms with Gasteiger partial charge in [-0.15, -0.1) is 0 Å². The number of hydrogen-bond acceptors (Lipinski definition) is 8. The second-order valence-electron chi connectivity index (χ2n) is 9.72. The van der Waals surface area contributed by atoms with Gasteiger partial charge in [-0.3, -0.25) is 9.36 Å². The van der Waals surface area contributed by atoms with E-state index in [1.807, 2.05) is 36.4 Å². The van der Waals surface area contributed by atoms with E-state index in [0.29, 0.717) is 52.9 Å². The van der Waals surface area contributed by atoms with Crippen molar-refractivity contribution in [2.75, 3.05) is 20.8 Å². The van der Waals surface area contributed by atoms with Crippen LogP contribution in [0.3, 0.4) is 0 Å². The molecule has 1 aliphatic rings. The summed E-state index contributed by atoms with van der Waals surface area (Å²) in [5.41, 5.74) is 2.52. The average molecular weight is 889 g/mol. The first-order valence-electron chi connectivity index (χ1n) is 13.5. The molecular formula is C32H26Br2ClIN2O6S. The molecule has 0 saturated heterocycles. The number of rotatable bonds is 9. The number of nitrogens with zero attached hydrogens (tertiary/aromatic N) is 2. The van der Waals surface area contributed by atoms with Gasteiger partial charge in [0.1, 0.15) is 12.4 Å². The Hall–Kier alpha value is -2.65. The Labute approximate surface area is 298 Å². The van der Waals surface area contributed by atoms with Gasteiger partial charge in [0.15, 0.2) is 16.3 Å². The molecule has 4 aromatic rings. The minimum atomic E-state index is -0.852. The van der Waals surface area contributed by atoms with E-state index in [1.54, 1.807) is 32.1 Å². The Morgan fingerprint density at radius 1 is 1.13 bits per heavy atom. The van der Waals surface area contributed by atoms with Crippen molar-refractivity contribution in [3.05, 3.63) is 114 Å². The number of methoxy groups -OCH3 is 2. The van der Waals surface area contributed by atoms with Crippen molar-refractivity contribution in [2.24, 2.45) is 4.99 Å². The summed E-state index contributed by atoms with van der Waals surface area (Å²) in [5, 5.41) is 0.605. The molecule has 8 nitrogen and oxygen atoms in total. The van der Waals surface area contributed by atoms with Gasteiger partial charge in [-0.1, -0.05) is 73.0 Å². The molecule has 3 aromatic carbocycles. The van der Waals surface area contributed by atoms with Crippen LogP contribution in [0.5, 0.6) is 17.2 Å². The van der Waals surface area contributed by atoms with Crippen LogP contribution in [0.1, 0.15) is 36.6 Å². The van der Waals surface area contributed by atoms with Gasteiger partial charge in [0.2, 0.25) is 0 Å². The number of halogens is 4. The third kappa shape index (κ3) is 6.90. The van der Waals surface area contributed by atoms with E-state index in [2.05, 4.69) is 54.5 Å². The number of fused-ring (bicyclic) bond motifs is 1. The van der Waals surface area contributed by atoms with Gasteiger partial charge in [0.25, 0.3) is 5.56 Å². The summed E-state index contributed by atoms with van der Waals surface area (Å²) in [6.45, 7) is 3.88. The molecule has 0 N–H and O–H groups in total. The van der Waals surface area contributed by atoms with E-state index >= 15 is 0 Å². The second kappa shape index (κ2) is 14.4. The molecule has 234 valence electrons. The summed E-state index contributed by atoms with van der Waals surface area (Å²) in [6.07, 6.45) is 1.78. The second-order valence-corrected chi connectivity index (χ2v) is 14.1. The first-order chi connectivity index (χ1) is 21.6. The van der Waals surface area contributed by atoms with Gasteiger partial charge in [0, 0.05) is 25.1 Å². The van der Waals surface area contributed by atoms with Gasteiger partial charge in [0.05, 0.1) is 46.2 Å². The molecule has 0 aliphatic carbocycles. The maximum Gasteiger partial charge on any atom is 0.338 e. The van der Waals surface area contributed by atoms with Crippen LogP contribution in [-0.2, 0) is 16.1 Å². The molecule has 45 heavy (non-hydrogen) atoms. The van der Waals surface area contributed by atoms with E-state index < -0.39 is 12.0 Å². The number of carbonyl (C=O) groups is 1. The van der Waals surface area contributed by atoms with E-state index in [1.165, 1.54) is 30.1 Å². The smallest absolute Gasteiger partial charge is 0.338 e. The molecule has 0 bridgehead atoms. The molecule has 5 rings (SSSR count). The van der Waals surface area contributed by atoms with E-state index in [-0.39, 0.29) is 24.3 Å². The SMILES string of the molecule is CCOC(=O)C1=C(C)N=c2s/c(=C\c3cc(Br)cc(I)c3OCc3ccccc3Cl)c(=O)n2[C@H]1c1cc(OC)c(OC)cc1Br. The third-order valence-corrected chi connectivity index (χ3v) is 10.3. The van der Waals surface area contributed by atoms with Crippen molar-refractivity contribution in [3.63, 3.8) is 0 Å². The Morgan fingerprint density at radius 2 is 1.84 bits per heavy atom. The number of ether oxygens (including phenoxy) is 4. The number of aromatic nitrogens is 1. The van der Waals surface area contributed by atoms with E-state index in [9.17, 15) is 9.59 Å². The number of carbonyl (C=O) groups excluding carboxylic acids is 1. The Morgan fingerprint density at radius 3 is 2.53 bits per heavy atom. The summed E-state index contributed by atoms with van der Waals surface area (Å²) < 4.78 is 27.0. The molecule has 1 aliphatic heterocycles. The Bertz CT molecular complexity index is 2030. The molecule has 0 fully saturated rings. The van der Waals surface area contributed by atoms with E-state index in [0.717, 1.165) is 13.6 Å². The van der Waals surface area contributed by atoms with Crippen molar-refractivity contribution in [1.82, 2.24) is 4.57 Å². The van der Waals surface area contributed by atoms with Crippen molar-refractivity contribution < 1.29 is 23.7 Å². The van der Waals surface area contributed by atoms with Gasteiger partial charge >= 0.3 is 5.97 Å². The fourth-order valence-electron chi connectivity index (χ4n) is 4.91. The minimum Gasteiger partial charge on any atom is -0.493 e.